The molecule has 0 amide bonds. The highest BCUT2D eigenvalue weighted by Gasteiger charge is 2.09. The van der Waals surface area contributed by atoms with Crippen LogP contribution in [-0.2, 0) is 11.5 Å². The number of aromatic nitrogens is 4. The second-order valence-electron chi connectivity index (χ2n) is 5.09. The molecule has 0 aliphatic heterocycles. The zero-order valence-corrected chi connectivity index (χ0v) is 17.2. The molecule has 0 atom stereocenters. The van der Waals surface area contributed by atoms with Crippen LogP contribution in [0.25, 0.3) is 10.6 Å². The van der Waals surface area contributed by atoms with E-state index in [1.807, 2.05) is 42.1 Å². The van der Waals surface area contributed by atoms with Gasteiger partial charge in [0.1, 0.15) is 6.73 Å². The number of pyridine rings is 1. The molecular formula is C16H16BrN5OS2. The topological polar surface area (TPSA) is 65.2 Å². The number of aryl methyl sites for hydroxylation is 1. The van der Waals surface area contributed by atoms with Crippen molar-refractivity contribution in [1.29, 1.82) is 0 Å². The van der Waals surface area contributed by atoms with Gasteiger partial charge in [0.05, 0.1) is 10.6 Å². The molecule has 0 saturated heterocycles. The van der Waals surface area contributed by atoms with Gasteiger partial charge < -0.3 is 4.74 Å². The third kappa shape index (κ3) is 4.55. The number of halogens is 1. The maximum Gasteiger partial charge on any atom is 0.193 e. The molecular weight excluding hydrogens is 422 g/mol. The molecule has 9 heteroatoms. The van der Waals surface area contributed by atoms with Gasteiger partial charge in [-0.1, -0.05) is 23.1 Å². The molecule has 0 unspecified atom stereocenters. The lowest BCUT2D eigenvalue weighted by Crippen LogP contribution is -2.14. The summed E-state index contributed by atoms with van der Waals surface area (Å²) in [6.45, 7) is 2.38. The first kappa shape index (κ1) is 18.2. The van der Waals surface area contributed by atoms with Crippen LogP contribution in [0, 0.1) is 6.92 Å². The zero-order chi connectivity index (χ0) is 17.8. The zero-order valence-electron chi connectivity index (χ0n) is 13.9. The first-order valence-corrected chi connectivity index (χ1v) is 10.2. The minimum atomic E-state index is 0.408. The predicted molar refractivity (Wildman–Crippen MR) is 104 cm³/mol. The molecule has 25 heavy (non-hydrogen) atoms. The Bertz CT molecular complexity index is 936. The van der Waals surface area contributed by atoms with Crippen molar-refractivity contribution in [3.63, 3.8) is 0 Å². The van der Waals surface area contributed by atoms with E-state index in [0.717, 1.165) is 30.7 Å². The summed E-state index contributed by atoms with van der Waals surface area (Å²) in [6.07, 6.45) is 5.70. The average Bonchev–Trinajstić information content (AvgIpc) is 2.99. The largest absolute Gasteiger partial charge is 0.364 e. The molecule has 0 aliphatic rings. The Hall–Kier alpha value is -1.55. The molecule has 3 aromatic rings. The van der Waals surface area contributed by atoms with Crippen LogP contribution in [-0.4, -0.2) is 32.9 Å². The van der Waals surface area contributed by atoms with E-state index in [2.05, 4.69) is 35.9 Å². The van der Waals surface area contributed by atoms with Crippen molar-refractivity contribution >= 4 is 44.8 Å². The minimum absolute atomic E-state index is 0.408. The number of methoxy groups -OCH3 is 1. The van der Waals surface area contributed by atoms with E-state index >= 15 is 0 Å². The summed E-state index contributed by atoms with van der Waals surface area (Å²) in [5, 5.41) is 0.759. The fourth-order valence-electron chi connectivity index (χ4n) is 2.11. The summed E-state index contributed by atoms with van der Waals surface area (Å²) < 4.78 is 8.15. The SMILES string of the molecule is COCn1cc(-c2cc(C)nc(SC)n2)s/c1=N\c1ccc(Br)cn1. The predicted octanol–water partition coefficient (Wildman–Crippen LogP) is 4.03. The number of hydrogen-bond acceptors (Lipinski definition) is 7. The Labute approximate surface area is 162 Å². The van der Waals surface area contributed by atoms with E-state index in [1.165, 1.54) is 11.8 Å². The van der Waals surface area contributed by atoms with E-state index in [1.54, 1.807) is 24.6 Å². The molecule has 3 aromatic heterocycles. The summed E-state index contributed by atoms with van der Waals surface area (Å²) >= 11 is 6.46. The quantitative estimate of drug-likeness (QED) is 0.445. The molecule has 3 heterocycles. The number of thiazole rings is 1. The molecule has 0 aromatic carbocycles. The lowest BCUT2D eigenvalue weighted by Gasteiger charge is -2.02. The van der Waals surface area contributed by atoms with Crippen LogP contribution in [0.4, 0.5) is 5.82 Å². The summed E-state index contributed by atoms with van der Waals surface area (Å²) in [4.78, 5) is 19.8. The molecule has 3 rings (SSSR count). The molecule has 130 valence electrons. The Morgan fingerprint density at radius 1 is 1.36 bits per heavy atom. The van der Waals surface area contributed by atoms with E-state index in [9.17, 15) is 0 Å². The number of ether oxygens (including phenoxy) is 1. The molecule has 6 nitrogen and oxygen atoms in total. The van der Waals surface area contributed by atoms with Crippen LogP contribution < -0.4 is 4.80 Å². The van der Waals surface area contributed by atoms with Gasteiger partial charge in [0, 0.05) is 29.7 Å². The maximum atomic E-state index is 5.29. The van der Waals surface area contributed by atoms with Gasteiger partial charge in [0.15, 0.2) is 15.8 Å². The number of nitrogens with zero attached hydrogens (tertiary/aromatic N) is 5. The number of thioether (sulfide) groups is 1. The fourth-order valence-corrected chi connectivity index (χ4v) is 3.72. The van der Waals surface area contributed by atoms with Crippen LogP contribution in [0.15, 0.2) is 45.2 Å². The summed E-state index contributed by atoms with van der Waals surface area (Å²) in [7, 11) is 1.66. The Morgan fingerprint density at radius 2 is 2.20 bits per heavy atom. The van der Waals surface area contributed by atoms with Crippen molar-refractivity contribution in [3.05, 3.63) is 45.6 Å². The van der Waals surface area contributed by atoms with E-state index in [0.29, 0.717) is 12.5 Å². The highest BCUT2D eigenvalue weighted by molar-refractivity contribution is 9.10. The van der Waals surface area contributed by atoms with Gasteiger partial charge in [-0.25, -0.2) is 19.9 Å². The molecule has 0 bridgehead atoms. The standard InChI is InChI=1S/C16H16BrN5OS2/c1-10-6-12(20-15(19-10)24-3)13-8-22(9-23-2)16(25-13)21-14-5-4-11(17)7-18-14/h4-8H,9H2,1-3H3/b21-16-. The minimum Gasteiger partial charge on any atom is -0.364 e. The van der Waals surface area contributed by atoms with Crippen molar-refractivity contribution in [3.8, 4) is 10.6 Å². The van der Waals surface area contributed by atoms with E-state index in [4.69, 9.17) is 4.74 Å². The van der Waals surface area contributed by atoms with Crippen molar-refractivity contribution in [2.75, 3.05) is 13.4 Å². The Balaban J connectivity index is 2.08. The highest BCUT2D eigenvalue weighted by Crippen LogP contribution is 2.23. The monoisotopic (exact) mass is 437 g/mol. The van der Waals surface area contributed by atoms with Crippen LogP contribution in [0.2, 0.25) is 0 Å². The average molecular weight is 438 g/mol. The van der Waals surface area contributed by atoms with Gasteiger partial charge in [-0.2, -0.15) is 0 Å². The van der Waals surface area contributed by atoms with Gasteiger partial charge >= 0.3 is 0 Å². The lowest BCUT2D eigenvalue weighted by molar-refractivity contribution is 0.129. The van der Waals surface area contributed by atoms with Crippen LogP contribution in [0.1, 0.15) is 5.69 Å². The third-order valence-electron chi connectivity index (χ3n) is 3.18. The molecule has 0 N–H and O–H groups in total. The van der Waals surface area contributed by atoms with Gasteiger partial charge in [0.25, 0.3) is 0 Å². The smallest absolute Gasteiger partial charge is 0.193 e. The summed E-state index contributed by atoms with van der Waals surface area (Å²) in [5.41, 5.74) is 1.83. The van der Waals surface area contributed by atoms with Gasteiger partial charge in [0.2, 0.25) is 0 Å². The van der Waals surface area contributed by atoms with Gasteiger partial charge in [-0.05, 0) is 47.3 Å². The number of hydrogen-bond donors (Lipinski definition) is 0. The molecule has 0 spiro atoms. The highest BCUT2D eigenvalue weighted by atomic mass is 79.9. The molecule has 0 radical (unpaired) electrons. The fraction of sp³-hybridized carbons (Fsp3) is 0.250. The molecule has 0 saturated carbocycles. The second-order valence-corrected chi connectivity index (χ2v) is 7.79. The summed E-state index contributed by atoms with van der Waals surface area (Å²) in [5.74, 6) is 0.644. The first-order valence-electron chi connectivity index (χ1n) is 7.34. The van der Waals surface area contributed by atoms with Gasteiger partial charge in [-0.3, -0.25) is 4.57 Å². The van der Waals surface area contributed by atoms with Crippen molar-refractivity contribution < 1.29 is 4.74 Å². The van der Waals surface area contributed by atoms with Crippen LogP contribution in [0.3, 0.4) is 0 Å². The third-order valence-corrected chi connectivity index (χ3v) is 5.24. The molecule has 0 fully saturated rings. The first-order chi connectivity index (χ1) is 12.1. The second kappa shape index (κ2) is 8.22. The van der Waals surface area contributed by atoms with E-state index in [-0.39, 0.29) is 0 Å². The van der Waals surface area contributed by atoms with Crippen LogP contribution >= 0.6 is 39.0 Å². The van der Waals surface area contributed by atoms with Gasteiger partial charge in [-0.15, -0.1) is 0 Å². The normalized spacial score (nSPS) is 11.9. The van der Waals surface area contributed by atoms with Crippen molar-refractivity contribution in [2.24, 2.45) is 4.99 Å². The van der Waals surface area contributed by atoms with Crippen molar-refractivity contribution in [2.45, 2.75) is 18.8 Å². The number of rotatable bonds is 5. The lowest BCUT2D eigenvalue weighted by atomic mass is 10.3. The Morgan fingerprint density at radius 3 is 2.88 bits per heavy atom. The Kier molecular flexibility index (Phi) is 6.00. The maximum absolute atomic E-state index is 5.29. The van der Waals surface area contributed by atoms with E-state index < -0.39 is 0 Å². The van der Waals surface area contributed by atoms with Crippen molar-refractivity contribution in [1.82, 2.24) is 19.5 Å². The molecule has 0 aliphatic carbocycles. The van der Waals surface area contributed by atoms with Crippen LogP contribution in [0.5, 0.6) is 0 Å². The summed E-state index contributed by atoms with van der Waals surface area (Å²) in [6, 6.07) is 5.76.